The van der Waals surface area contributed by atoms with Crippen molar-refractivity contribution in [1.82, 2.24) is 10.6 Å². The van der Waals surface area contributed by atoms with Gasteiger partial charge in [-0.3, -0.25) is 14.4 Å². The molecular formula is C33H29F2N5O4. The van der Waals surface area contributed by atoms with Gasteiger partial charge in [-0.2, -0.15) is 14.0 Å². The Balaban J connectivity index is 1.65. The van der Waals surface area contributed by atoms with Gasteiger partial charge in [-0.15, -0.1) is 0 Å². The van der Waals surface area contributed by atoms with Crippen LogP contribution < -0.4 is 25.2 Å². The summed E-state index contributed by atoms with van der Waals surface area (Å²) in [5, 5.41) is 16.2. The maximum atomic E-state index is 14.3. The quantitative estimate of drug-likeness (QED) is 0.307. The molecule has 0 saturated heterocycles. The number of likely N-dealkylation sites (N-methyl/N-ethyl adjacent to an activating group) is 1. The van der Waals surface area contributed by atoms with E-state index in [0.717, 1.165) is 5.39 Å². The third kappa shape index (κ3) is 6.07. The number of hydrogen-bond donors (Lipinski definition) is 2. The molecule has 0 saturated carbocycles. The van der Waals surface area contributed by atoms with Crippen molar-refractivity contribution in [1.29, 1.82) is 5.26 Å². The molecule has 3 amide bonds. The standard InChI is InChI=1S/C33H29F2N5O4/c1-20(37-2)30(41)38-26-19-40(31(42)23-13-11-21(17-36)12-14-23)28-10-6-5-9-27(28)39(32(26)43)18-25-24-8-4-3-7-22(24)15-16-29(25)44-33(34)35/h3-16,20,26,33,37H,18-19H2,1-2H3,(H,38,41)/t20-,26?/m0/s1. The minimum absolute atomic E-state index is 0.0943. The third-order valence-corrected chi connectivity index (χ3v) is 7.57. The fraction of sp³-hybridized carbons (Fsp3) is 0.212. The van der Waals surface area contributed by atoms with Gasteiger partial charge in [0.05, 0.1) is 42.1 Å². The van der Waals surface area contributed by atoms with E-state index in [1.54, 1.807) is 56.4 Å². The molecule has 2 N–H and O–H groups in total. The van der Waals surface area contributed by atoms with E-state index in [0.29, 0.717) is 27.9 Å². The fourth-order valence-electron chi connectivity index (χ4n) is 5.16. The number of nitrogens with one attached hydrogen (secondary N) is 2. The van der Waals surface area contributed by atoms with E-state index < -0.39 is 36.4 Å². The molecule has 0 aromatic heterocycles. The Morgan fingerprint density at radius 3 is 2.36 bits per heavy atom. The van der Waals surface area contributed by atoms with Gasteiger partial charge < -0.3 is 25.2 Å². The molecule has 1 unspecified atom stereocenters. The highest BCUT2D eigenvalue weighted by atomic mass is 19.3. The number of hydrogen-bond acceptors (Lipinski definition) is 6. The number of benzene rings is 4. The number of carbonyl (C=O) groups is 3. The van der Waals surface area contributed by atoms with Crippen LogP contribution in [0.4, 0.5) is 20.2 Å². The fourth-order valence-corrected chi connectivity index (χ4v) is 5.16. The van der Waals surface area contributed by atoms with Gasteiger partial charge in [-0.25, -0.2) is 0 Å². The minimum Gasteiger partial charge on any atom is -0.434 e. The number of fused-ring (bicyclic) bond motifs is 2. The maximum absolute atomic E-state index is 14.3. The van der Waals surface area contributed by atoms with Crippen LogP contribution in [0.5, 0.6) is 5.75 Å². The number of nitriles is 1. The van der Waals surface area contributed by atoms with Crippen molar-refractivity contribution in [2.24, 2.45) is 0 Å². The van der Waals surface area contributed by atoms with Crippen molar-refractivity contribution in [3.8, 4) is 11.8 Å². The third-order valence-electron chi connectivity index (χ3n) is 7.57. The minimum atomic E-state index is -3.10. The summed E-state index contributed by atoms with van der Waals surface area (Å²) in [6, 6.07) is 23.3. The molecule has 1 aliphatic rings. The van der Waals surface area contributed by atoms with Crippen molar-refractivity contribution in [3.63, 3.8) is 0 Å². The van der Waals surface area contributed by atoms with Crippen LogP contribution in [0.1, 0.15) is 28.4 Å². The molecule has 4 aromatic rings. The van der Waals surface area contributed by atoms with Crippen LogP contribution in [0.15, 0.2) is 84.9 Å². The number of carbonyl (C=O) groups excluding carboxylic acids is 3. The number of rotatable bonds is 8. The normalized spacial score (nSPS) is 15.4. The first kappa shape index (κ1) is 30.1. The lowest BCUT2D eigenvalue weighted by molar-refractivity contribution is -0.128. The zero-order valence-corrected chi connectivity index (χ0v) is 24.0. The van der Waals surface area contributed by atoms with E-state index in [9.17, 15) is 28.4 Å². The number of anilines is 2. The highest BCUT2D eigenvalue weighted by molar-refractivity contribution is 6.13. The van der Waals surface area contributed by atoms with E-state index in [4.69, 9.17) is 4.74 Å². The van der Waals surface area contributed by atoms with Gasteiger partial charge in [0, 0.05) is 11.1 Å². The number of para-hydroxylation sites is 2. The van der Waals surface area contributed by atoms with Crippen LogP contribution in [0.2, 0.25) is 0 Å². The molecule has 0 aliphatic carbocycles. The summed E-state index contributed by atoms with van der Waals surface area (Å²) in [4.78, 5) is 44.1. The Morgan fingerprint density at radius 2 is 1.68 bits per heavy atom. The summed E-state index contributed by atoms with van der Waals surface area (Å²) >= 11 is 0. The molecule has 224 valence electrons. The summed E-state index contributed by atoms with van der Waals surface area (Å²) in [5.41, 5.74) is 1.71. The second-order valence-corrected chi connectivity index (χ2v) is 10.2. The lowest BCUT2D eigenvalue weighted by Gasteiger charge is -2.27. The van der Waals surface area contributed by atoms with Crippen LogP contribution in [0, 0.1) is 11.3 Å². The zero-order chi connectivity index (χ0) is 31.4. The second-order valence-electron chi connectivity index (χ2n) is 10.2. The van der Waals surface area contributed by atoms with Gasteiger partial charge in [0.1, 0.15) is 11.8 Å². The smallest absolute Gasteiger partial charge is 0.387 e. The molecule has 0 bridgehead atoms. The van der Waals surface area contributed by atoms with E-state index in [1.807, 2.05) is 18.2 Å². The van der Waals surface area contributed by atoms with Crippen molar-refractivity contribution in [2.75, 3.05) is 23.4 Å². The van der Waals surface area contributed by atoms with Crippen LogP contribution in [0.25, 0.3) is 10.8 Å². The first-order valence-corrected chi connectivity index (χ1v) is 13.9. The number of ether oxygens (including phenoxy) is 1. The van der Waals surface area contributed by atoms with E-state index >= 15 is 0 Å². The molecular weight excluding hydrogens is 568 g/mol. The molecule has 2 atom stereocenters. The molecule has 1 heterocycles. The maximum Gasteiger partial charge on any atom is 0.387 e. The predicted molar refractivity (Wildman–Crippen MR) is 161 cm³/mol. The Bertz CT molecular complexity index is 1760. The second kappa shape index (κ2) is 12.9. The molecule has 0 spiro atoms. The lowest BCUT2D eigenvalue weighted by atomic mass is 10.0. The SMILES string of the molecule is CN[C@@H](C)C(=O)NC1CN(C(=O)c2ccc(C#N)cc2)c2ccccc2N(Cc2c(OC(F)F)ccc3ccccc23)C1=O. The summed E-state index contributed by atoms with van der Waals surface area (Å²) in [7, 11) is 1.60. The van der Waals surface area contributed by atoms with Gasteiger partial charge in [-0.1, -0.05) is 42.5 Å². The summed E-state index contributed by atoms with van der Waals surface area (Å²) < 4.78 is 31.9. The first-order valence-electron chi connectivity index (χ1n) is 13.9. The Hall–Kier alpha value is -5.34. The zero-order valence-electron chi connectivity index (χ0n) is 24.0. The first-order chi connectivity index (χ1) is 21.2. The van der Waals surface area contributed by atoms with Crippen LogP contribution in [0.3, 0.4) is 0 Å². The molecule has 0 radical (unpaired) electrons. The van der Waals surface area contributed by atoms with Crippen molar-refractivity contribution < 1.29 is 27.9 Å². The highest BCUT2D eigenvalue weighted by Crippen LogP contribution is 2.38. The summed E-state index contributed by atoms with van der Waals surface area (Å²) in [6.07, 6.45) is 0. The van der Waals surface area contributed by atoms with Gasteiger partial charge in [0.2, 0.25) is 5.91 Å². The van der Waals surface area contributed by atoms with Crippen molar-refractivity contribution in [3.05, 3.63) is 102 Å². The topological polar surface area (TPSA) is 115 Å². The van der Waals surface area contributed by atoms with Gasteiger partial charge in [0.15, 0.2) is 0 Å². The average molecular weight is 598 g/mol. The Kier molecular flexibility index (Phi) is 8.83. The summed E-state index contributed by atoms with van der Waals surface area (Å²) in [6.45, 7) is -1.86. The van der Waals surface area contributed by atoms with Crippen LogP contribution >= 0.6 is 0 Å². The van der Waals surface area contributed by atoms with E-state index in [1.165, 1.54) is 40.1 Å². The molecule has 9 nitrogen and oxygen atoms in total. The number of nitrogens with zero attached hydrogens (tertiary/aromatic N) is 3. The predicted octanol–water partition coefficient (Wildman–Crippen LogP) is 4.60. The summed E-state index contributed by atoms with van der Waals surface area (Å²) in [5.74, 6) is -1.55. The van der Waals surface area contributed by atoms with Crippen LogP contribution in [-0.4, -0.2) is 50.0 Å². The van der Waals surface area contributed by atoms with Gasteiger partial charge >= 0.3 is 6.61 Å². The van der Waals surface area contributed by atoms with Gasteiger partial charge in [-0.05, 0) is 67.2 Å². The molecule has 4 aromatic carbocycles. The largest absolute Gasteiger partial charge is 0.434 e. The number of amides is 3. The monoisotopic (exact) mass is 597 g/mol. The molecule has 11 heteroatoms. The van der Waals surface area contributed by atoms with E-state index in [-0.39, 0.29) is 24.4 Å². The number of halogens is 2. The Morgan fingerprint density at radius 1 is 1.00 bits per heavy atom. The molecule has 5 rings (SSSR count). The van der Waals surface area contributed by atoms with E-state index in [2.05, 4.69) is 10.6 Å². The van der Waals surface area contributed by atoms with Gasteiger partial charge in [0.25, 0.3) is 11.8 Å². The van der Waals surface area contributed by atoms with Crippen molar-refractivity contribution >= 4 is 39.9 Å². The highest BCUT2D eigenvalue weighted by Gasteiger charge is 2.38. The molecule has 44 heavy (non-hydrogen) atoms. The molecule has 1 aliphatic heterocycles. The number of alkyl halides is 2. The average Bonchev–Trinajstić information content (AvgIpc) is 3.15. The molecule has 0 fully saturated rings. The van der Waals surface area contributed by atoms with Crippen LogP contribution in [-0.2, 0) is 16.1 Å². The van der Waals surface area contributed by atoms with Crippen molar-refractivity contribution in [2.45, 2.75) is 32.2 Å². The Labute approximate surface area is 252 Å². The lowest BCUT2D eigenvalue weighted by Crippen LogP contribution is -2.55.